The van der Waals surface area contributed by atoms with Crippen LogP contribution in [-0.2, 0) is 0 Å². The fourth-order valence-electron chi connectivity index (χ4n) is 2.73. The van der Waals surface area contributed by atoms with Gasteiger partial charge in [-0.05, 0) is 37.3 Å². The fraction of sp³-hybridized carbons (Fsp3) is 0.571. The number of carboxylic acids is 1. The molecule has 4 heteroatoms. The Morgan fingerprint density at radius 2 is 2.17 bits per heavy atom. The van der Waals surface area contributed by atoms with Crippen LogP contribution in [0.1, 0.15) is 37.6 Å². The van der Waals surface area contributed by atoms with E-state index >= 15 is 0 Å². The quantitative estimate of drug-likeness (QED) is 0.874. The summed E-state index contributed by atoms with van der Waals surface area (Å²) >= 11 is 0. The highest BCUT2D eigenvalue weighted by Gasteiger charge is 2.29. The Bertz CT molecular complexity index is 447. The summed E-state index contributed by atoms with van der Waals surface area (Å²) in [7, 11) is 0. The van der Waals surface area contributed by atoms with Gasteiger partial charge in [-0.1, -0.05) is 13.8 Å². The van der Waals surface area contributed by atoms with E-state index in [0.717, 1.165) is 12.4 Å². The minimum atomic E-state index is -0.899. The van der Waals surface area contributed by atoms with E-state index in [0.29, 0.717) is 23.4 Å². The summed E-state index contributed by atoms with van der Waals surface area (Å²) in [4.78, 5) is 17.6. The molecule has 1 fully saturated rings. The highest BCUT2D eigenvalue weighted by Crippen LogP contribution is 2.30. The molecule has 0 bridgehead atoms. The maximum absolute atomic E-state index is 11.0. The van der Waals surface area contributed by atoms with E-state index in [1.54, 1.807) is 12.3 Å². The minimum Gasteiger partial charge on any atom is -0.478 e. The number of hydrogen-bond acceptors (Lipinski definition) is 3. The molecular weight excluding hydrogens is 228 g/mol. The average molecular weight is 248 g/mol. The third-order valence-electron chi connectivity index (χ3n) is 3.88. The van der Waals surface area contributed by atoms with Gasteiger partial charge in [0.15, 0.2) is 0 Å². The Hall–Kier alpha value is -1.58. The second kappa shape index (κ2) is 4.96. The monoisotopic (exact) mass is 248 g/mol. The van der Waals surface area contributed by atoms with Gasteiger partial charge in [-0.2, -0.15) is 0 Å². The third kappa shape index (κ3) is 2.47. The molecular formula is C14H20N2O2. The second-order valence-electron chi connectivity index (χ2n) is 5.42. The van der Waals surface area contributed by atoms with Crippen molar-refractivity contribution in [3.05, 3.63) is 23.9 Å². The van der Waals surface area contributed by atoms with Gasteiger partial charge in [0, 0.05) is 18.8 Å². The van der Waals surface area contributed by atoms with Gasteiger partial charge in [0.25, 0.3) is 0 Å². The zero-order chi connectivity index (χ0) is 13.3. The Morgan fingerprint density at radius 3 is 2.83 bits per heavy atom. The predicted molar refractivity (Wildman–Crippen MR) is 70.9 cm³/mol. The highest BCUT2D eigenvalue weighted by atomic mass is 16.4. The molecule has 4 nitrogen and oxygen atoms in total. The lowest BCUT2D eigenvalue weighted by Gasteiger charge is -2.41. The van der Waals surface area contributed by atoms with Crippen LogP contribution < -0.4 is 4.90 Å². The molecule has 0 radical (unpaired) electrons. The summed E-state index contributed by atoms with van der Waals surface area (Å²) in [6, 6.07) is 3.61. The number of aromatic nitrogens is 1. The first-order valence-electron chi connectivity index (χ1n) is 6.45. The molecule has 2 heterocycles. The molecule has 0 amide bonds. The maximum atomic E-state index is 11.0. The normalized spacial score (nSPS) is 28.2. The van der Waals surface area contributed by atoms with E-state index in [1.165, 1.54) is 12.5 Å². The van der Waals surface area contributed by atoms with Gasteiger partial charge in [-0.3, -0.25) is 0 Å². The summed E-state index contributed by atoms with van der Waals surface area (Å²) in [6.45, 7) is 7.61. The first-order valence-corrected chi connectivity index (χ1v) is 6.45. The number of piperidine rings is 1. The summed E-state index contributed by atoms with van der Waals surface area (Å²) < 4.78 is 0. The molecule has 1 aliphatic heterocycles. The van der Waals surface area contributed by atoms with Gasteiger partial charge < -0.3 is 10.0 Å². The van der Waals surface area contributed by atoms with Crippen LogP contribution in [0.3, 0.4) is 0 Å². The SMILES string of the molecule is CC1CC(C)C(C)N(c2cc(C(=O)O)ccn2)C1. The lowest BCUT2D eigenvalue weighted by atomic mass is 9.86. The molecule has 1 aliphatic rings. The van der Waals surface area contributed by atoms with Gasteiger partial charge in [0.1, 0.15) is 5.82 Å². The molecule has 0 aromatic carbocycles. The van der Waals surface area contributed by atoms with Gasteiger partial charge in [0.2, 0.25) is 0 Å². The van der Waals surface area contributed by atoms with Crippen molar-refractivity contribution in [2.24, 2.45) is 11.8 Å². The molecule has 98 valence electrons. The number of carbonyl (C=O) groups is 1. The van der Waals surface area contributed by atoms with Crippen molar-refractivity contribution < 1.29 is 9.90 Å². The number of aromatic carboxylic acids is 1. The molecule has 0 aliphatic carbocycles. The summed E-state index contributed by atoms with van der Waals surface area (Å²) in [6.07, 6.45) is 2.80. The number of carboxylic acid groups (broad SMARTS) is 1. The average Bonchev–Trinajstić information content (AvgIpc) is 2.34. The predicted octanol–water partition coefficient (Wildman–Crippen LogP) is 2.65. The Kier molecular flexibility index (Phi) is 3.55. The number of pyridine rings is 1. The van der Waals surface area contributed by atoms with Crippen LogP contribution >= 0.6 is 0 Å². The van der Waals surface area contributed by atoms with Gasteiger partial charge >= 0.3 is 5.97 Å². The summed E-state index contributed by atoms with van der Waals surface area (Å²) in [5, 5.41) is 9.03. The van der Waals surface area contributed by atoms with Crippen molar-refractivity contribution in [2.75, 3.05) is 11.4 Å². The smallest absolute Gasteiger partial charge is 0.335 e. The summed E-state index contributed by atoms with van der Waals surface area (Å²) in [5.41, 5.74) is 0.304. The van der Waals surface area contributed by atoms with Crippen LogP contribution in [0.5, 0.6) is 0 Å². The number of nitrogens with zero attached hydrogens (tertiary/aromatic N) is 2. The molecule has 2 rings (SSSR count). The van der Waals surface area contributed by atoms with Crippen LogP contribution in [0.25, 0.3) is 0 Å². The van der Waals surface area contributed by atoms with Crippen LogP contribution in [0.2, 0.25) is 0 Å². The third-order valence-corrected chi connectivity index (χ3v) is 3.88. The van der Waals surface area contributed by atoms with Crippen molar-refractivity contribution in [2.45, 2.75) is 33.2 Å². The molecule has 1 aromatic heterocycles. The topological polar surface area (TPSA) is 53.4 Å². The maximum Gasteiger partial charge on any atom is 0.335 e. The van der Waals surface area contributed by atoms with Gasteiger partial charge in [-0.25, -0.2) is 9.78 Å². The van der Waals surface area contributed by atoms with E-state index in [1.807, 2.05) is 0 Å². The molecule has 0 spiro atoms. The second-order valence-corrected chi connectivity index (χ2v) is 5.42. The van der Waals surface area contributed by atoms with Crippen molar-refractivity contribution >= 4 is 11.8 Å². The van der Waals surface area contributed by atoms with Crippen LogP contribution in [-0.4, -0.2) is 28.6 Å². The Balaban J connectivity index is 2.29. The standard InChI is InChI=1S/C14H20N2O2/c1-9-6-10(2)11(3)16(8-9)13-7-12(14(17)18)4-5-15-13/h4-5,7,9-11H,6,8H2,1-3H3,(H,17,18). The Morgan fingerprint density at radius 1 is 1.44 bits per heavy atom. The zero-order valence-corrected chi connectivity index (χ0v) is 11.1. The molecule has 3 atom stereocenters. The lowest BCUT2D eigenvalue weighted by molar-refractivity contribution is 0.0696. The van der Waals surface area contributed by atoms with Crippen molar-refractivity contribution in [1.29, 1.82) is 0 Å². The summed E-state index contributed by atoms with van der Waals surface area (Å²) in [5.74, 6) is 1.10. The number of rotatable bonds is 2. The van der Waals surface area contributed by atoms with E-state index in [2.05, 4.69) is 30.7 Å². The van der Waals surface area contributed by atoms with E-state index in [-0.39, 0.29) is 0 Å². The first kappa shape index (κ1) is 12.9. The number of hydrogen-bond donors (Lipinski definition) is 1. The molecule has 1 aromatic rings. The molecule has 18 heavy (non-hydrogen) atoms. The van der Waals surface area contributed by atoms with Crippen LogP contribution in [0.4, 0.5) is 5.82 Å². The lowest BCUT2D eigenvalue weighted by Crippen LogP contribution is -2.46. The molecule has 3 unspecified atom stereocenters. The van der Waals surface area contributed by atoms with Gasteiger partial charge in [0.05, 0.1) is 5.56 Å². The fourth-order valence-corrected chi connectivity index (χ4v) is 2.73. The molecule has 0 saturated carbocycles. The molecule has 1 N–H and O–H groups in total. The van der Waals surface area contributed by atoms with E-state index in [4.69, 9.17) is 5.11 Å². The Labute approximate surface area is 108 Å². The van der Waals surface area contributed by atoms with Crippen LogP contribution in [0, 0.1) is 11.8 Å². The van der Waals surface area contributed by atoms with Gasteiger partial charge in [-0.15, -0.1) is 0 Å². The number of anilines is 1. The minimum absolute atomic E-state index is 0.304. The van der Waals surface area contributed by atoms with Crippen molar-refractivity contribution in [3.8, 4) is 0 Å². The molecule has 1 saturated heterocycles. The van der Waals surface area contributed by atoms with Crippen molar-refractivity contribution in [1.82, 2.24) is 4.98 Å². The highest BCUT2D eigenvalue weighted by molar-refractivity contribution is 5.88. The zero-order valence-electron chi connectivity index (χ0n) is 11.1. The van der Waals surface area contributed by atoms with Crippen LogP contribution in [0.15, 0.2) is 18.3 Å². The first-order chi connectivity index (χ1) is 8.49. The largest absolute Gasteiger partial charge is 0.478 e. The van der Waals surface area contributed by atoms with E-state index in [9.17, 15) is 4.79 Å². The van der Waals surface area contributed by atoms with E-state index < -0.39 is 5.97 Å². The van der Waals surface area contributed by atoms with Crippen molar-refractivity contribution in [3.63, 3.8) is 0 Å².